The average molecular weight is 398 g/mol. The zero-order chi connectivity index (χ0) is 20.3. The molecule has 0 saturated carbocycles. The molecule has 0 spiro atoms. The van der Waals surface area contributed by atoms with E-state index in [2.05, 4.69) is 41.3 Å². The van der Waals surface area contributed by atoms with Gasteiger partial charge in [0.2, 0.25) is 0 Å². The topological polar surface area (TPSA) is 47.4 Å². The van der Waals surface area contributed by atoms with Gasteiger partial charge >= 0.3 is 0 Å². The third-order valence-corrected chi connectivity index (χ3v) is 6.88. The van der Waals surface area contributed by atoms with Crippen molar-refractivity contribution >= 4 is 35.8 Å². The summed E-state index contributed by atoms with van der Waals surface area (Å²) in [5.41, 5.74) is 2.69. The summed E-state index contributed by atoms with van der Waals surface area (Å²) in [5, 5.41) is 2.04. The fourth-order valence-electron chi connectivity index (χ4n) is 3.50. The van der Waals surface area contributed by atoms with E-state index in [-0.39, 0.29) is 5.91 Å². The lowest BCUT2D eigenvalue weighted by atomic mass is 10.1. The Hall–Kier alpha value is -2.18. The number of nitrogens with zero attached hydrogens (tertiary/aromatic N) is 3. The monoisotopic (exact) mass is 397 g/mol. The minimum absolute atomic E-state index is 0.0330. The summed E-state index contributed by atoms with van der Waals surface area (Å²) in [4.78, 5) is 19.3. The van der Waals surface area contributed by atoms with Crippen molar-refractivity contribution in [3.05, 3.63) is 42.2 Å². The summed E-state index contributed by atoms with van der Waals surface area (Å²) >= 11 is 0. The summed E-state index contributed by atoms with van der Waals surface area (Å²) in [6.45, 7) is 13.7. The predicted octanol–water partition coefficient (Wildman–Crippen LogP) is 4.98. The van der Waals surface area contributed by atoms with E-state index in [1.54, 1.807) is 6.20 Å². The van der Waals surface area contributed by atoms with Crippen LogP contribution >= 0.6 is 0 Å². The number of rotatable bonds is 8. The first-order valence-electron chi connectivity index (χ1n) is 10.1. The molecule has 2 heterocycles. The molecule has 150 valence electrons. The van der Waals surface area contributed by atoms with Gasteiger partial charge in [0, 0.05) is 44.7 Å². The molecular weight excluding hydrogens is 366 g/mol. The first kappa shape index (κ1) is 20.5. The number of benzene rings is 1. The van der Waals surface area contributed by atoms with Crippen molar-refractivity contribution in [1.29, 1.82) is 0 Å². The van der Waals surface area contributed by atoms with E-state index >= 15 is 0 Å². The lowest BCUT2D eigenvalue weighted by molar-refractivity contribution is 0.0774. The number of carbonyl (C=O) groups excluding carboxylic acids is 1. The number of hydrogen-bond donors (Lipinski definition) is 0. The Labute approximate surface area is 168 Å². The van der Waals surface area contributed by atoms with Gasteiger partial charge in [0.05, 0.1) is 22.8 Å². The van der Waals surface area contributed by atoms with Crippen LogP contribution in [-0.4, -0.2) is 48.1 Å². The van der Waals surface area contributed by atoms with Crippen molar-refractivity contribution in [2.24, 2.45) is 0 Å². The second-order valence-electron chi connectivity index (χ2n) is 8.35. The van der Waals surface area contributed by atoms with Crippen LogP contribution in [0.5, 0.6) is 0 Å². The zero-order valence-electron chi connectivity index (χ0n) is 17.7. The molecule has 0 N–H and O–H groups in total. The van der Waals surface area contributed by atoms with Crippen LogP contribution in [0.1, 0.15) is 24.2 Å². The van der Waals surface area contributed by atoms with Crippen LogP contribution in [0.15, 0.2) is 36.7 Å². The Morgan fingerprint density at radius 1 is 1.11 bits per heavy atom. The Morgan fingerprint density at radius 2 is 1.82 bits per heavy atom. The first-order valence-corrected chi connectivity index (χ1v) is 13.8. The highest BCUT2D eigenvalue weighted by Gasteiger charge is 2.21. The van der Waals surface area contributed by atoms with Gasteiger partial charge in [-0.25, -0.2) is 0 Å². The third kappa shape index (κ3) is 4.13. The van der Waals surface area contributed by atoms with E-state index < -0.39 is 8.07 Å². The van der Waals surface area contributed by atoms with Crippen LogP contribution < -0.4 is 0 Å². The van der Waals surface area contributed by atoms with Crippen molar-refractivity contribution in [2.45, 2.75) is 46.3 Å². The quantitative estimate of drug-likeness (QED) is 0.398. The van der Waals surface area contributed by atoms with Crippen molar-refractivity contribution in [3.63, 3.8) is 0 Å². The summed E-state index contributed by atoms with van der Waals surface area (Å²) in [6.07, 6.45) is 3.54. The number of aromatic nitrogens is 2. The molecule has 0 fully saturated rings. The highest BCUT2D eigenvalue weighted by Crippen LogP contribution is 2.31. The van der Waals surface area contributed by atoms with E-state index in [1.807, 2.05) is 37.1 Å². The van der Waals surface area contributed by atoms with E-state index in [9.17, 15) is 4.79 Å². The lowest BCUT2D eigenvalue weighted by Crippen LogP contribution is -2.30. The molecule has 0 aliphatic carbocycles. The first-order chi connectivity index (χ1) is 13.4. The Bertz CT molecular complexity index is 971. The van der Waals surface area contributed by atoms with Crippen molar-refractivity contribution < 1.29 is 9.53 Å². The van der Waals surface area contributed by atoms with Gasteiger partial charge < -0.3 is 14.2 Å². The van der Waals surface area contributed by atoms with Crippen LogP contribution in [0.3, 0.4) is 0 Å². The number of ether oxygens (including phenoxy) is 1. The van der Waals surface area contributed by atoms with Gasteiger partial charge in [-0.2, -0.15) is 0 Å². The molecule has 3 rings (SSSR count). The van der Waals surface area contributed by atoms with E-state index in [0.29, 0.717) is 25.4 Å². The summed E-state index contributed by atoms with van der Waals surface area (Å²) in [6, 6.07) is 9.34. The molecule has 1 amide bonds. The molecular formula is C22H31N3O2Si. The van der Waals surface area contributed by atoms with E-state index in [0.717, 1.165) is 34.5 Å². The Balaban J connectivity index is 2.05. The third-order valence-electron chi connectivity index (χ3n) is 5.18. The molecule has 0 radical (unpaired) electrons. The highest BCUT2D eigenvalue weighted by atomic mass is 28.3. The van der Waals surface area contributed by atoms with E-state index in [4.69, 9.17) is 4.74 Å². The molecule has 5 nitrogen and oxygen atoms in total. The highest BCUT2D eigenvalue weighted by molar-refractivity contribution is 6.76. The number of amides is 1. The number of pyridine rings is 1. The van der Waals surface area contributed by atoms with Gasteiger partial charge in [0.25, 0.3) is 5.91 Å². The Morgan fingerprint density at radius 3 is 2.50 bits per heavy atom. The fourth-order valence-corrected chi connectivity index (χ4v) is 4.26. The number of fused-ring (bicyclic) bond motifs is 3. The number of para-hydroxylation sites is 1. The van der Waals surface area contributed by atoms with Gasteiger partial charge in [-0.1, -0.05) is 37.8 Å². The molecule has 6 heteroatoms. The molecule has 0 aliphatic heterocycles. The standard InChI is InChI=1S/C22H31N3O2Si/c1-6-24(7-2)22(26)18-14-23-15-20-21(18)17-10-8-9-11-19(17)25(20)16-27-12-13-28(3,4)5/h8-11,14-15H,6-7,12-13,16H2,1-5H3. The molecule has 0 bridgehead atoms. The zero-order valence-corrected chi connectivity index (χ0v) is 18.7. The van der Waals surface area contributed by atoms with E-state index in [1.165, 1.54) is 0 Å². The van der Waals surface area contributed by atoms with Crippen LogP contribution in [0.25, 0.3) is 21.8 Å². The maximum absolute atomic E-state index is 13.1. The van der Waals surface area contributed by atoms with Gasteiger partial charge in [-0.05, 0) is 26.0 Å². The minimum atomic E-state index is -1.13. The molecule has 1 aromatic carbocycles. The SMILES string of the molecule is CCN(CC)C(=O)c1cncc2c1c1ccccc1n2COCC[Si](C)(C)C. The van der Waals surface area contributed by atoms with Crippen molar-refractivity contribution in [2.75, 3.05) is 19.7 Å². The van der Waals surface area contributed by atoms with Crippen molar-refractivity contribution in [3.8, 4) is 0 Å². The maximum atomic E-state index is 13.1. The largest absolute Gasteiger partial charge is 0.361 e. The summed E-state index contributed by atoms with van der Waals surface area (Å²) in [7, 11) is -1.13. The molecule has 3 aromatic rings. The summed E-state index contributed by atoms with van der Waals surface area (Å²) < 4.78 is 8.17. The molecule has 0 saturated heterocycles. The normalized spacial score (nSPS) is 12.0. The number of hydrogen-bond acceptors (Lipinski definition) is 3. The summed E-state index contributed by atoms with van der Waals surface area (Å²) in [5.74, 6) is 0.0330. The minimum Gasteiger partial charge on any atom is -0.361 e. The predicted molar refractivity (Wildman–Crippen MR) is 119 cm³/mol. The van der Waals surface area contributed by atoms with Gasteiger partial charge in [-0.15, -0.1) is 0 Å². The van der Waals surface area contributed by atoms with Crippen LogP contribution in [-0.2, 0) is 11.5 Å². The smallest absolute Gasteiger partial charge is 0.256 e. The van der Waals surface area contributed by atoms with Crippen LogP contribution in [0.4, 0.5) is 0 Å². The number of carbonyl (C=O) groups is 1. The molecule has 0 unspecified atom stereocenters. The maximum Gasteiger partial charge on any atom is 0.256 e. The van der Waals surface area contributed by atoms with Gasteiger partial charge in [0.1, 0.15) is 6.73 Å². The second-order valence-corrected chi connectivity index (χ2v) is 14.0. The average Bonchev–Trinajstić information content (AvgIpc) is 2.99. The second kappa shape index (κ2) is 8.45. The van der Waals surface area contributed by atoms with Crippen LogP contribution in [0, 0.1) is 0 Å². The Kier molecular flexibility index (Phi) is 6.20. The van der Waals surface area contributed by atoms with Gasteiger partial charge in [0.15, 0.2) is 0 Å². The van der Waals surface area contributed by atoms with Crippen molar-refractivity contribution in [1.82, 2.24) is 14.5 Å². The molecule has 28 heavy (non-hydrogen) atoms. The van der Waals surface area contributed by atoms with Crippen LogP contribution in [0.2, 0.25) is 25.7 Å². The lowest BCUT2D eigenvalue weighted by Gasteiger charge is -2.19. The molecule has 0 atom stereocenters. The van der Waals surface area contributed by atoms with Gasteiger partial charge in [-0.3, -0.25) is 9.78 Å². The molecule has 2 aromatic heterocycles. The fraction of sp³-hybridized carbons (Fsp3) is 0.455. The molecule has 0 aliphatic rings.